The minimum absolute atomic E-state index is 0.00369. The summed E-state index contributed by atoms with van der Waals surface area (Å²) < 4.78 is 26.1. The first-order valence-corrected chi connectivity index (χ1v) is 25.5. The van der Waals surface area contributed by atoms with Crippen LogP contribution in [0.5, 0.6) is 5.75 Å². The van der Waals surface area contributed by atoms with E-state index in [2.05, 4.69) is 11.0 Å². The predicted octanol–water partition coefficient (Wildman–Crippen LogP) is -0.705. The molecule has 35 nitrogen and oxygen atoms in total. The maximum Gasteiger partial charge on any atom is 0.391 e. The molecule has 2 aromatic rings. The first-order valence-electron chi connectivity index (χ1n) is 25.5. The molecule has 2 aromatic carbocycles. The molecule has 2 fully saturated rings. The summed E-state index contributed by atoms with van der Waals surface area (Å²) >= 11 is 0. The number of methoxy groups -OCH3 is 1. The van der Waals surface area contributed by atoms with Crippen LogP contribution in [-0.4, -0.2) is 146 Å². The van der Waals surface area contributed by atoms with Gasteiger partial charge in [-0.15, -0.1) is 10.1 Å². The number of anilines is 2. The van der Waals surface area contributed by atoms with E-state index in [1.165, 1.54) is 53.0 Å². The number of hydrogen-bond donors (Lipinski definition) is 8. The van der Waals surface area contributed by atoms with E-state index < -0.39 is 140 Å². The van der Waals surface area contributed by atoms with Crippen LogP contribution in [0.2, 0.25) is 0 Å². The molecular weight excluding hydrogens is 1120 g/mol. The van der Waals surface area contributed by atoms with Crippen LogP contribution < -0.4 is 50.1 Å². The molecule has 0 spiro atoms. The number of ketones is 2. The van der Waals surface area contributed by atoms with Gasteiger partial charge in [0.2, 0.25) is 0 Å². The Morgan fingerprint density at radius 3 is 1.32 bits per heavy atom. The Morgan fingerprint density at radius 2 is 0.952 bits per heavy atom. The molecule has 2 aliphatic rings. The van der Waals surface area contributed by atoms with Gasteiger partial charge >= 0.3 is 47.8 Å². The van der Waals surface area contributed by atoms with E-state index >= 15 is 0 Å². The SMILES string of the molecule is COc1cc([N+](=O)[O-])ccc1NOC(=O)[C@](N)(OC(=O)[C@@H]1CCCN1OC(=O)[C@@](C)(N)OC(=O)[C@](C)(N)C(=O)CCC(=O)[C@@](C)(N)C(=O)O[C@](C)(N)C(=O)ON1CCC[C@H]1C(=O)O[C@@](N)(C(=O)ONc1ccc([N+](=O)[O-])cc1)C(C)C)C(C)C. The number of esters is 4. The largest absolute Gasteiger partial charge is 0.494 e. The number of nitrogens with two attached hydrogens (primary N) is 6. The number of nitro groups is 2. The molecule has 462 valence electrons. The second-order valence-electron chi connectivity index (χ2n) is 20.8. The molecule has 2 saturated heterocycles. The van der Waals surface area contributed by atoms with Crippen LogP contribution in [0.3, 0.4) is 0 Å². The zero-order valence-electron chi connectivity index (χ0n) is 47.2. The van der Waals surface area contributed by atoms with E-state index in [4.69, 9.17) is 77.4 Å². The summed E-state index contributed by atoms with van der Waals surface area (Å²) in [5.41, 5.74) is 24.9. The average molecular weight is 1190 g/mol. The molecule has 0 saturated carbocycles. The third-order valence-electron chi connectivity index (χ3n) is 13.2. The van der Waals surface area contributed by atoms with Crippen molar-refractivity contribution in [2.45, 2.75) is 140 Å². The van der Waals surface area contributed by atoms with Crippen LogP contribution in [0, 0.1) is 32.1 Å². The fourth-order valence-electron chi connectivity index (χ4n) is 7.37. The first kappa shape index (κ1) is 67.9. The minimum atomic E-state index is -2.72. The molecule has 0 radical (unpaired) electrons. The number of rotatable bonds is 28. The van der Waals surface area contributed by atoms with Crippen molar-refractivity contribution in [3.8, 4) is 5.75 Å². The van der Waals surface area contributed by atoms with Gasteiger partial charge in [0.05, 0.1) is 28.7 Å². The fourth-order valence-corrected chi connectivity index (χ4v) is 7.37. The minimum Gasteiger partial charge on any atom is -0.494 e. The van der Waals surface area contributed by atoms with Gasteiger partial charge in [0.1, 0.15) is 17.8 Å². The van der Waals surface area contributed by atoms with Crippen LogP contribution in [-0.2, 0) is 86.2 Å². The molecule has 8 atom stereocenters. The molecular formula is C49H68N12O23. The molecule has 0 amide bonds. The topological polar surface area (TPSA) is 527 Å². The smallest absolute Gasteiger partial charge is 0.391 e. The Hall–Kier alpha value is -8.58. The number of carbonyl (C=O) groups is 10. The summed E-state index contributed by atoms with van der Waals surface area (Å²) in [6.45, 7) is 8.89. The zero-order chi connectivity index (χ0) is 63.7. The van der Waals surface area contributed by atoms with E-state index in [0.29, 0.717) is 0 Å². The molecule has 4 rings (SSSR count). The summed E-state index contributed by atoms with van der Waals surface area (Å²) in [7, 11) is 1.20. The van der Waals surface area contributed by atoms with Crippen molar-refractivity contribution in [1.29, 1.82) is 0 Å². The number of nitro benzene ring substituents is 2. The highest BCUT2D eigenvalue weighted by atomic mass is 16.8. The second kappa shape index (κ2) is 26.8. The van der Waals surface area contributed by atoms with Gasteiger partial charge < -0.3 is 54.5 Å². The van der Waals surface area contributed by atoms with Gasteiger partial charge in [-0.1, -0.05) is 27.7 Å². The first-order chi connectivity index (χ1) is 38.8. The second-order valence-corrected chi connectivity index (χ2v) is 20.8. The quantitative estimate of drug-likeness (QED) is 0.0130. The molecule has 2 aliphatic heterocycles. The summed E-state index contributed by atoms with van der Waals surface area (Å²) in [6.07, 6.45) is -1.37. The Labute approximate surface area is 477 Å². The van der Waals surface area contributed by atoms with Crippen LogP contribution in [0.4, 0.5) is 22.7 Å². The fraction of sp³-hybridized carbons (Fsp3) is 0.551. The lowest BCUT2D eigenvalue weighted by molar-refractivity contribution is -0.385. The number of non-ortho nitro benzene ring substituents is 2. The molecule has 84 heavy (non-hydrogen) atoms. The predicted molar refractivity (Wildman–Crippen MR) is 281 cm³/mol. The van der Waals surface area contributed by atoms with Crippen LogP contribution in [0.1, 0.15) is 93.9 Å². The molecule has 2 heterocycles. The standard InChI is InChI=1S/C49H68N12O23/c1-25(2)48(54,42(70)81-56-27-14-16-28(17-15-27)60(72)73)77-36(64)31-12-10-22-58(31)83-40(68)46(7,52)79-38(66)44(5,50)34(62)20-21-35(63)45(6,51)39(67)80-47(8,53)41(69)84-59-23-11-13-32(59)37(65)78-49(55,26(3)4)43(71)82-57-30-19-18-29(61(74)75)24-33(30)76-9/h14-19,24-26,31-32,56-57H,10-13,20-23,50-55H2,1-9H3/t31-,32-,44+,45+,46-,47-,48+,49+/m0/s1. The van der Waals surface area contributed by atoms with Gasteiger partial charge in [0, 0.05) is 69.8 Å². The summed E-state index contributed by atoms with van der Waals surface area (Å²) in [5.74, 6) is -15.5. The van der Waals surface area contributed by atoms with Crippen LogP contribution >= 0.6 is 0 Å². The van der Waals surface area contributed by atoms with Gasteiger partial charge in [-0.25, -0.2) is 39.7 Å². The highest BCUT2D eigenvalue weighted by Gasteiger charge is 2.52. The van der Waals surface area contributed by atoms with E-state index in [0.717, 1.165) is 62.1 Å². The van der Waals surface area contributed by atoms with Gasteiger partial charge in [-0.05, 0) is 57.7 Å². The van der Waals surface area contributed by atoms with Crippen molar-refractivity contribution >= 4 is 82.1 Å². The number of Topliss-reactive ketones (excluding diaryl/α,β-unsaturated/α-hetero) is 2. The molecule has 0 unspecified atom stereocenters. The summed E-state index contributed by atoms with van der Waals surface area (Å²) in [4.78, 5) is 175. The number of carbonyl (C=O) groups excluding carboxylic acids is 10. The van der Waals surface area contributed by atoms with Gasteiger partial charge in [0.15, 0.2) is 28.4 Å². The number of hydrogen-bond acceptors (Lipinski definition) is 33. The molecule has 0 aliphatic carbocycles. The van der Waals surface area contributed by atoms with Crippen molar-refractivity contribution in [2.24, 2.45) is 46.2 Å². The molecule has 14 N–H and O–H groups in total. The molecule has 0 bridgehead atoms. The number of nitrogens with zero attached hydrogens (tertiary/aromatic N) is 4. The monoisotopic (exact) mass is 1190 g/mol. The van der Waals surface area contributed by atoms with E-state index in [1.807, 2.05) is 0 Å². The lowest BCUT2D eigenvalue weighted by Gasteiger charge is -2.33. The van der Waals surface area contributed by atoms with Crippen molar-refractivity contribution < 1.29 is 101 Å². The highest BCUT2D eigenvalue weighted by molar-refractivity contribution is 6.12. The Bertz CT molecular complexity index is 2900. The van der Waals surface area contributed by atoms with Gasteiger partial charge in [0.25, 0.3) is 34.3 Å². The van der Waals surface area contributed by atoms with Gasteiger partial charge in [-0.3, -0.25) is 62.3 Å². The summed E-state index contributed by atoms with van der Waals surface area (Å²) in [6, 6.07) is 5.24. The zero-order valence-corrected chi connectivity index (χ0v) is 47.2. The summed E-state index contributed by atoms with van der Waals surface area (Å²) in [5, 5.41) is 23.8. The number of benzene rings is 2. The van der Waals surface area contributed by atoms with Crippen molar-refractivity contribution in [3.63, 3.8) is 0 Å². The Morgan fingerprint density at radius 1 is 0.571 bits per heavy atom. The Balaban J connectivity index is 1.30. The Kier molecular flexibility index (Phi) is 21.6. The normalized spacial score (nSPS) is 19.6. The molecule has 35 heteroatoms. The maximum atomic E-state index is 13.5. The van der Waals surface area contributed by atoms with Crippen molar-refractivity contribution in [3.05, 3.63) is 62.7 Å². The van der Waals surface area contributed by atoms with Crippen molar-refractivity contribution in [1.82, 2.24) is 10.1 Å². The number of ether oxygens (including phenoxy) is 5. The van der Waals surface area contributed by atoms with Crippen molar-refractivity contribution in [2.75, 3.05) is 31.2 Å². The highest BCUT2D eigenvalue weighted by Crippen LogP contribution is 2.32. The number of nitrogens with one attached hydrogen (secondary N) is 2. The third-order valence-corrected chi connectivity index (χ3v) is 13.2. The molecule has 0 aromatic heterocycles. The lowest BCUT2D eigenvalue weighted by Crippen LogP contribution is -2.61. The average Bonchev–Trinajstić information content (AvgIpc) is 3.36. The van der Waals surface area contributed by atoms with E-state index in [9.17, 15) is 68.2 Å². The van der Waals surface area contributed by atoms with E-state index in [1.54, 1.807) is 0 Å². The van der Waals surface area contributed by atoms with Crippen LogP contribution in [0.25, 0.3) is 0 Å². The lowest BCUT2D eigenvalue weighted by atomic mass is 9.89. The third kappa shape index (κ3) is 15.9. The van der Waals surface area contributed by atoms with E-state index in [-0.39, 0.29) is 67.3 Å². The number of hydroxylamine groups is 4. The maximum absolute atomic E-state index is 13.5. The van der Waals surface area contributed by atoms with Crippen LogP contribution in [0.15, 0.2) is 42.5 Å². The van der Waals surface area contributed by atoms with Gasteiger partial charge in [-0.2, -0.15) is 0 Å².